The van der Waals surface area contributed by atoms with Gasteiger partial charge in [0, 0.05) is 26.1 Å². The molecule has 1 aliphatic rings. The zero-order chi connectivity index (χ0) is 20.3. The second kappa shape index (κ2) is 8.02. The van der Waals surface area contributed by atoms with Crippen LogP contribution in [-0.4, -0.2) is 40.4 Å². The monoisotopic (exact) mass is 400 g/mol. The summed E-state index contributed by atoms with van der Waals surface area (Å²) in [5, 5.41) is 12.0. The van der Waals surface area contributed by atoms with Crippen LogP contribution in [0.4, 0.5) is 11.8 Å². The molecule has 0 radical (unpaired) electrons. The summed E-state index contributed by atoms with van der Waals surface area (Å²) in [6.07, 6.45) is 1.82. The fourth-order valence-electron chi connectivity index (χ4n) is 3.87. The van der Waals surface area contributed by atoms with E-state index < -0.39 is 0 Å². The molecule has 3 heterocycles. The van der Waals surface area contributed by atoms with Crippen LogP contribution in [0.1, 0.15) is 16.8 Å². The summed E-state index contributed by atoms with van der Waals surface area (Å²) in [7, 11) is 1.68. The number of hydrogen-bond donors (Lipinski definition) is 2. The van der Waals surface area contributed by atoms with Gasteiger partial charge in [0.05, 0.1) is 18.2 Å². The molecule has 0 aliphatic carbocycles. The van der Waals surface area contributed by atoms with Crippen molar-refractivity contribution >= 4 is 22.8 Å². The van der Waals surface area contributed by atoms with Crippen molar-refractivity contribution in [3.8, 4) is 5.75 Å². The van der Waals surface area contributed by atoms with Crippen LogP contribution in [-0.2, 0) is 19.4 Å². The molecule has 7 nitrogen and oxygen atoms in total. The number of H-pyrrole nitrogens is 1. The van der Waals surface area contributed by atoms with Crippen LogP contribution in [0.15, 0.2) is 54.6 Å². The van der Waals surface area contributed by atoms with Gasteiger partial charge in [0.15, 0.2) is 5.65 Å². The van der Waals surface area contributed by atoms with Crippen molar-refractivity contribution in [3.05, 3.63) is 71.4 Å². The van der Waals surface area contributed by atoms with Crippen LogP contribution in [0.25, 0.3) is 11.0 Å². The van der Waals surface area contributed by atoms with Gasteiger partial charge in [-0.15, -0.1) is 0 Å². The number of hydrogen-bond acceptors (Lipinski definition) is 6. The predicted molar refractivity (Wildman–Crippen MR) is 118 cm³/mol. The summed E-state index contributed by atoms with van der Waals surface area (Å²) in [5.74, 6) is 2.42. The van der Waals surface area contributed by atoms with Gasteiger partial charge < -0.3 is 15.0 Å². The zero-order valence-corrected chi connectivity index (χ0v) is 16.9. The third kappa shape index (κ3) is 3.66. The maximum absolute atomic E-state index is 5.27. The highest BCUT2D eigenvalue weighted by molar-refractivity contribution is 5.91. The molecule has 2 aromatic heterocycles. The van der Waals surface area contributed by atoms with Crippen molar-refractivity contribution in [1.29, 1.82) is 0 Å². The van der Waals surface area contributed by atoms with E-state index in [0.29, 0.717) is 5.95 Å². The maximum atomic E-state index is 5.27. The van der Waals surface area contributed by atoms with E-state index in [2.05, 4.69) is 61.8 Å². The van der Waals surface area contributed by atoms with Gasteiger partial charge >= 0.3 is 0 Å². The number of aromatic nitrogens is 4. The van der Waals surface area contributed by atoms with E-state index in [4.69, 9.17) is 9.72 Å². The van der Waals surface area contributed by atoms with Crippen LogP contribution < -0.4 is 15.0 Å². The van der Waals surface area contributed by atoms with Crippen molar-refractivity contribution in [2.24, 2.45) is 0 Å². The van der Waals surface area contributed by atoms with Gasteiger partial charge in [0.2, 0.25) is 5.95 Å². The lowest BCUT2D eigenvalue weighted by molar-refractivity contribution is 0.414. The molecule has 1 aliphatic heterocycles. The van der Waals surface area contributed by atoms with Gasteiger partial charge in [-0.1, -0.05) is 42.5 Å². The molecule has 0 saturated carbocycles. The average molecular weight is 400 g/mol. The Labute approximate surface area is 175 Å². The number of nitrogens with zero attached hydrogens (tertiary/aromatic N) is 4. The van der Waals surface area contributed by atoms with Crippen LogP contribution in [0.2, 0.25) is 0 Å². The fraction of sp³-hybridized carbons (Fsp3) is 0.261. The second-order valence-corrected chi connectivity index (χ2v) is 7.45. The number of nitrogens with one attached hydrogen (secondary N) is 2. The van der Waals surface area contributed by atoms with E-state index in [1.807, 2.05) is 18.2 Å². The Balaban J connectivity index is 1.38. The number of methoxy groups -OCH3 is 1. The lowest BCUT2D eigenvalue weighted by Gasteiger charge is -2.28. The molecule has 0 unspecified atom stereocenters. The topological polar surface area (TPSA) is 79.0 Å². The second-order valence-electron chi connectivity index (χ2n) is 7.45. The molecule has 5 rings (SSSR count). The first kappa shape index (κ1) is 18.4. The van der Waals surface area contributed by atoms with Crippen LogP contribution >= 0.6 is 0 Å². The van der Waals surface area contributed by atoms with E-state index in [-0.39, 0.29) is 0 Å². The summed E-state index contributed by atoms with van der Waals surface area (Å²) in [5.41, 5.74) is 4.34. The van der Waals surface area contributed by atoms with Crippen molar-refractivity contribution in [1.82, 2.24) is 20.2 Å². The molecule has 0 fully saturated rings. The van der Waals surface area contributed by atoms with E-state index in [0.717, 1.165) is 60.8 Å². The Morgan fingerprint density at radius 2 is 1.87 bits per heavy atom. The molecule has 7 heteroatoms. The van der Waals surface area contributed by atoms with Gasteiger partial charge in [0.25, 0.3) is 0 Å². The predicted octanol–water partition coefficient (Wildman–Crippen LogP) is 3.58. The van der Waals surface area contributed by atoms with Crippen molar-refractivity contribution in [2.75, 3.05) is 30.4 Å². The van der Waals surface area contributed by atoms with E-state index in [1.54, 1.807) is 7.11 Å². The lowest BCUT2D eigenvalue weighted by atomic mass is 10.1. The molecule has 0 atom stereocenters. The van der Waals surface area contributed by atoms with Crippen molar-refractivity contribution in [3.63, 3.8) is 0 Å². The number of ether oxygens (including phenoxy) is 1. The van der Waals surface area contributed by atoms with Gasteiger partial charge in [-0.2, -0.15) is 15.1 Å². The number of aromatic amines is 1. The molecule has 152 valence electrons. The molecule has 0 saturated heterocycles. The Morgan fingerprint density at radius 3 is 2.67 bits per heavy atom. The molecule has 2 aromatic carbocycles. The zero-order valence-electron chi connectivity index (χ0n) is 16.9. The average Bonchev–Trinajstić information content (AvgIpc) is 3.21. The summed E-state index contributed by atoms with van der Waals surface area (Å²) in [6, 6.07) is 18.6. The highest BCUT2D eigenvalue weighted by Gasteiger charge is 2.24. The standard InChI is InChI=1S/C23H24N6O/c1-30-18-9-7-17(8-10-18)15-29-14-12-19-20-21(28-27-19)25-23(26-22(20)29)24-13-11-16-5-3-2-4-6-16/h2-10H,11-15H2,1H3,(H2,24,25,26,27,28). The van der Waals surface area contributed by atoms with Crippen molar-refractivity contribution < 1.29 is 4.74 Å². The molecule has 0 amide bonds. The molecule has 2 N–H and O–H groups in total. The van der Waals surface area contributed by atoms with Gasteiger partial charge in [-0.25, -0.2) is 0 Å². The molecular weight excluding hydrogens is 376 g/mol. The molecule has 30 heavy (non-hydrogen) atoms. The third-order valence-corrected chi connectivity index (χ3v) is 5.47. The number of benzene rings is 2. The number of rotatable bonds is 7. The van der Waals surface area contributed by atoms with Crippen LogP contribution in [0.5, 0.6) is 5.75 Å². The smallest absolute Gasteiger partial charge is 0.226 e. The largest absolute Gasteiger partial charge is 0.497 e. The SMILES string of the molecule is COc1ccc(CN2CCc3[nH]nc4nc(NCCc5ccccc5)nc2c34)cc1. The summed E-state index contributed by atoms with van der Waals surface area (Å²) >= 11 is 0. The van der Waals surface area contributed by atoms with Gasteiger partial charge in [-0.3, -0.25) is 5.10 Å². The highest BCUT2D eigenvalue weighted by atomic mass is 16.5. The molecule has 0 spiro atoms. The first-order chi connectivity index (χ1) is 14.8. The van der Waals surface area contributed by atoms with Crippen molar-refractivity contribution in [2.45, 2.75) is 19.4 Å². The Morgan fingerprint density at radius 1 is 1.03 bits per heavy atom. The Kier molecular flexibility index (Phi) is 4.93. The lowest BCUT2D eigenvalue weighted by Crippen LogP contribution is -2.29. The van der Waals surface area contributed by atoms with E-state index in [9.17, 15) is 0 Å². The number of anilines is 2. The normalized spacial score (nSPS) is 12.9. The minimum Gasteiger partial charge on any atom is -0.497 e. The van der Waals surface area contributed by atoms with E-state index >= 15 is 0 Å². The highest BCUT2D eigenvalue weighted by Crippen LogP contribution is 2.32. The summed E-state index contributed by atoms with van der Waals surface area (Å²) in [6.45, 7) is 2.44. The first-order valence-corrected chi connectivity index (χ1v) is 10.2. The van der Waals surface area contributed by atoms with E-state index in [1.165, 1.54) is 11.1 Å². The molecule has 0 bridgehead atoms. The molecule has 4 aromatic rings. The summed E-state index contributed by atoms with van der Waals surface area (Å²) < 4.78 is 5.27. The minimum absolute atomic E-state index is 0.619. The molecular formula is C23H24N6O. The first-order valence-electron chi connectivity index (χ1n) is 10.2. The summed E-state index contributed by atoms with van der Waals surface area (Å²) in [4.78, 5) is 11.8. The van der Waals surface area contributed by atoms with Gasteiger partial charge in [0.1, 0.15) is 11.6 Å². The minimum atomic E-state index is 0.619. The van der Waals surface area contributed by atoms with Gasteiger partial charge in [-0.05, 0) is 29.7 Å². The van der Waals surface area contributed by atoms with Crippen LogP contribution in [0, 0.1) is 0 Å². The fourth-order valence-corrected chi connectivity index (χ4v) is 3.87. The van der Waals surface area contributed by atoms with Crippen LogP contribution in [0.3, 0.4) is 0 Å². The quantitative estimate of drug-likeness (QED) is 0.494. The Bertz CT molecular complexity index is 1140. The maximum Gasteiger partial charge on any atom is 0.226 e. The Hall–Kier alpha value is -3.61. The third-order valence-electron chi connectivity index (χ3n) is 5.47.